The van der Waals surface area contributed by atoms with Crippen LogP contribution < -0.4 is 0 Å². The number of amides is 1. The Morgan fingerprint density at radius 1 is 1.12 bits per heavy atom. The van der Waals surface area contributed by atoms with E-state index in [1.165, 1.54) is 0 Å². The SMILES string of the molecule is CCOC(=O)CCN(CCCO)C(=O)CCCc1ccc(Cl)cc1. The van der Waals surface area contributed by atoms with Crippen LogP contribution in [0.5, 0.6) is 0 Å². The number of halogens is 1. The van der Waals surface area contributed by atoms with E-state index in [1.54, 1.807) is 11.8 Å². The van der Waals surface area contributed by atoms with Crippen LogP contribution in [0.1, 0.15) is 38.2 Å². The van der Waals surface area contributed by atoms with Gasteiger partial charge in [0.15, 0.2) is 0 Å². The van der Waals surface area contributed by atoms with E-state index in [4.69, 9.17) is 21.4 Å². The zero-order valence-electron chi connectivity index (χ0n) is 14.2. The molecule has 0 fully saturated rings. The number of aliphatic hydroxyl groups is 1. The second-order valence-corrected chi connectivity index (χ2v) is 5.93. The van der Waals surface area contributed by atoms with E-state index in [0.717, 1.165) is 18.4 Å². The fourth-order valence-corrected chi connectivity index (χ4v) is 2.46. The molecule has 0 unspecified atom stereocenters. The average Bonchev–Trinajstić information content (AvgIpc) is 2.57. The third-order valence-electron chi connectivity index (χ3n) is 3.60. The molecule has 0 spiro atoms. The standard InChI is InChI=1S/C18H26ClNO4/c1-2-24-18(23)11-13-20(12-4-14-21)17(22)6-3-5-15-7-9-16(19)10-8-15/h7-10,21H,2-6,11-14H2,1H3. The molecular formula is C18H26ClNO4. The molecule has 1 rings (SSSR count). The maximum absolute atomic E-state index is 12.3. The van der Waals surface area contributed by atoms with E-state index in [-0.39, 0.29) is 24.9 Å². The summed E-state index contributed by atoms with van der Waals surface area (Å²) in [7, 11) is 0. The van der Waals surface area contributed by atoms with Gasteiger partial charge in [0.1, 0.15) is 0 Å². The smallest absolute Gasteiger partial charge is 0.307 e. The van der Waals surface area contributed by atoms with Gasteiger partial charge in [-0.2, -0.15) is 0 Å². The van der Waals surface area contributed by atoms with Crippen molar-refractivity contribution in [2.75, 3.05) is 26.3 Å². The molecule has 5 nitrogen and oxygen atoms in total. The summed E-state index contributed by atoms with van der Waals surface area (Å²) in [6.45, 7) is 2.90. The van der Waals surface area contributed by atoms with Crippen molar-refractivity contribution < 1.29 is 19.4 Å². The molecule has 0 atom stereocenters. The summed E-state index contributed by atoms with van der Waals surface area (Å²) < 4.78 is 4.89. The van der Waals surface area contributed by atoms with Crippen molar-refractivity contribution in [3.05, 3.63) is 34.9 Å². The van der Waals surface area contributed by atoms with Crippen molar-refractivity contribution in [1.29, 1.82) is 0 Å². The normalized spacial score (nSPS) is 10.5. The van der Waals surface area contributed by atoms with Gasteiger partial charge < -0.3 is 14.7 Å². The number of esters is 1. The van der Waals surface area contributed by atoms with E-state index in [1.807, 2.05) is 24.3 Å². The molecule has 1 aromatic carbocycles. The monoisotopic (exact) mass is 355 g/mol. The van der Waals surface area contributed by atoms with E-state index in [0.29, 0.717) is 37.6 Å². The van der Waals surface area contributed by atoms with Gasteiger partial charge in [-0.25, -0.2) is 0 Å². The van der Waals surface area contributed by atoms with Crippen molar-refractivity contribution in [3.63, 3.8) is 0 Å². The number of carbonyl (C=O) groups is 2. The molecule has 0 saturated carbocycles. The third kappa shape index (κ3) is 8.31. The molecule has 134 valence electrons. The Bertz CT molecular complexity index is 504. The summed E-state index contributed by atoms with van der Waals surface area (Å²) in [5.74, 6) is -0.304. The van der Waals surface area contributed by atoms with Crippen molar-refractivity contribution in [1.82, 2.24) is 4.90 Å². The molecule has 0 saturated heterocycles. The van der Waals surface area contributed by atoms with Crippen LogP contribution in [0.3, 0.4) is 0 Å². The second-order valence-electron chi connectivity index (χ2n) is 5.49. The number of aryl methyl sites for hydroxylation is 1. The molecule has 0 aromatic heterocycles. The summed E-state index contributed by atoms with van der Waals surface area (Å²) in [4.78, 5) is 25.4. The molecular weight excluding hydrogens is 330 g/mol. The average molecular weight is 356 g/mol. The van der Waals surface area contributed by atoms with Crippen LogP contribution >= 0.6 is 11.6 Å². The van der Waals surface area contributed by atoms with Crippen LogP contribution in [-0.2, 0) is 20.7 Å². The lowest BCUT2D eigenvalue weighted by Crippen LogP contribution is -2.34. The highest BCUT2D eigenvalue weighted by atomic mass is 35.5. The Morgan fingerprint density at radius 2 is 1.83 bits per heavy atom. The minimum Gasteiger partial charge on any atom is -0.466 e. The van der Waals surface area contributed by atoms with Crippen molar-refractivity contribution in [3.8, 4) is 0 Å². The maximum atomic E-state index is 12.3. The molecule has 0 radical (unpaired) electrons. The Morgan fingerprint density at radius 3 is 2.46 bits per heavy atom. The van der Waals surface area contributed by atoms with Crippen LogP contribution in [0.2, 0.25) is 5.02 Å². The van der Waals surface area contributed by atoms with E-state index in [9.17, 15) is 9.59 Å². The zero-order chi connectivity index (χ0) is 17.8. The summed E-state index contributed by atoms with van der Waals surface area (Å²) in [5, 5.41) is 9.66. The van der Waals surface area contributed by atoms with E-state index in [2.05, 4.69) is 0 Å². The van der Waals surface area contributed by atoms with Crippen LogP contribution in [0.4, 0.5) is 0 Å². The van der Waals surface area contributed by atoms with Gasteiger partial charge in [0.05, 0.1) is 13.0 Å². The third-order valence-corrected chi connectivity index (χ3v) is 3.85. The predicted octanol–water partition coefficient (Wildman–Crippen LogP) is 2.83. The lowest BCUT2D eigenvalue weighted by atomic mass is 10.1. The summed E-state index contributed by atoms with van der Waals surface area (Å²) >= 11 is 5.85. The lowest BCUT2D eigenvalue weighted by Gasteiger charge is -2.22. The molecule has 0 aliphatic heterocycles. The molecule has 24 heavy (non-hydrogen) atoms. The topological polar surface area (TPSA) is 66.8 Å². The number of carbonyl (C=O) groups excluding carboxylic acids is 2. The largest absolute Gasteiger partial charge is 0.466 e. The first-order valence-electron chi connectivity index (χ1n) is 8.35. The fraction of sp³-hybridized carbons (Fsp3) is 0.556. The minimum absolute atomic E-state index is 0.00159. The van der Waals surface area contributed by atoms with Gasteiger partial charge in [0, 0.05) is 31.1 Å². The first-order valence-corrected chi connectivity index (χ1v) is 8.73. The maximum Gasteiger partial charge on any atom is 0.307 e. The number of benzene rings is 1. The van der Waals surface area contributed by atoms with Crippen molar-refractivity contribution >= 4 is 23.5 Å². The Balaban J connectivity index is 2.41. The number of ether oxygens (including phenoxy) is 1. The lowest BCUT2D eigenvalue weighted by molar-refractivity contribution is -0.144. The van der Waals surface area contributed by atoms with Gasteiger partial charge in [-0.05, 0) is 43.9 Å². The molecule has 6 heteroatoms. The fourth-order valence-electron chi connectivity index (χ4n) is 2.34. The summed E-state index contributed by atoms with van der Waals surface area (Å²) in [5.41, 5.74) is 1.14. The quantitative estimate of drug-likeness (QED) is 0.620. The van der Waals surface area contributed by atoms with Crippen LogP contribution in [0, 0.1) is 0 Å². The van der Waals surface area contributed by atoms with Gasteiger partial charge in [0.2, 0.25) is 5.91 Å². The van der Waals surface area contributed by atoms with Crippen molar-refractivity contribution in [2.24, 2.45) is 0 Å². The highest BCUT2D eigenvalue weighted by Crippen LogP contribution is 2.12. The predicted molar refractivity (Wildman–Crippen MR) is 93.9 cm³/mol. The van der Waals surface area contributed by atoms with Gasteiger partial charge in [-0.15, -0.1) is 0 Å². The number of aliphatic hydroxyl groups excluding tert-OH is 1. The molecule has 1 N–H and O–H groups in total. The number of rotatable bonds is 11. The molecule has 0 aliphatic carbocycles. The van der Waals surface area contributed by atoms with Crippen LogP contribution in [0.15, 0.2) is 24.3 Å². The molecule has 1 amide bonds. The Kier molecular flexibility index (Phi) is 10.1. The van der Waals surface area contributed by atoms with Crippen molar-refractivity contribution in [2.45, 2.75) is 39.0 Å². The highest BCUT2D eigenvalue weighted by Gasteiger charge is 2.15. The van der Waals surface area contributed by atoms with Gasteiger partial charge in [-0.3, -0.25) is 9.59 Å². The Labute approximate surface area is 148 Å². The summed E-state index contributed by atoms with van der Waals surface area (Å²) in [6, 6.07) is 7.59. The van der Waals surface area contributed by atoms with E-state index < -0.39 is 0 Å². The second kappa shape index (κ2) is 11.9. The van der Waals surface area contributed by atoms with Gasteiger partial charge >= 0.3 is 5.97 Å². The number of nitrogens with zero attached hydrogens (tertiary/aromatic N) is 1. The molecule has 0 heterocycles. The molecule has 0 bridgehead atoms. The van der Waals surface area contributed by atoms with Crippen LogP contribution in [-0.4, -0.2) is 48.2 Å². The summed E-state index contributed by atoms with van der Waals surface area (Å²) in [6.07, 6.45) is 2.63. The van der Waals surface area contributed by atoms with E-state index >= 15 is 0 Å². The highest BCUT2D eigenvalue weighted by molar-refractivity contribution is 6.30. The van der Waals surface area contributed by atoms with Gasteiger partial charge in [0.25, 0.3) is 0 Å². The minimum atomic E-state index is -0.305. The zero-order valence-corrected chi connectivity index (χ0v) is 14.9. The van der Waals surface area contributed by atoms with Crippen LogP contribution in [0.25, 0.3) is 0 Å². The molecule has 0 aliphatic rings. The number of hydrogen-bond acceptors (Lipinski definition) is 4. The molecule has 1 aromatic rings. The first-order chi connectivity index (χ1) is 11.6. The Hall–Kier alpha value is -1.59. The number of hydrogen-bond donors (Lipinski definition) is 1. The van der Waals surface area contributed by atoms with Gasteiger partial charge in [-0.1, -0.05) is 23.7 Å². The first kappa shape index (κ1) is 20.5.